The van der Waals surface area contributed by atoms with Gasteiger partial charge < -0.3 is 5.73 Å². The highest BCUT2D eigenvalue weighted by atomic mass is 32.2. The molecule has 0 saturated heterocycles. The summed E-state index contributed by atoms with van der Waals surface area (Å²) < 4.78 is 14.2. The van der Waals surface area contributed by atoms with E-state index in [1.807, 2.05) is 20.8 Å². The predicted octanol–water partition coefficient (Wildman–Crippen LogP) is 0.777. The van der Waals surface area contributed by atoms with Crippen LogP contribution in [0.15, 0.2) is 0 Å². The van der Waals surface area contributed by atoms with E-state index in [1.54, 1.807) is 0 Å². The first kappa shape index (κ1) is 12.1. The molecule has 3 N–H and O–H groups in total. The Balaban J connectivity index is 3.45. The van der Waals surface area contributed by atoms with E-state index in [9.17, 15) is 4.21 Å². The first-order valence-electron chi connectivity index (χ1n) is 4.34. The number of hydrogen-bond acceptors (Lipinski definition) is 2. The molecule has 0 fully saturated rings. The maximum Gasteiger partial charge on any atom is 0.0970 e. The maximum atomic E-state index is 11.4. The predicted molar refractivity (Wildman–Crippen MR) is 54.2 cm³/mol. The zero-order chi connectivity index (χ0) is 9.61. The number of hydrogen-bond donors (Lipinski definition) is 2. The molecular formula is C8H20N2OS. The number of nitrogens with one attached hydrogen (secondary N) is 1. The van der Waals surface area contributed by atoms with E-state index >= 15 is 0 Å². The van der Waals surface area contributed by atoms with Gasteiger partial charge in [0.15, 0.2) is 0 Å². The molecule has 0 aliphatic rings. The lowest BCUT2D eigenvalue weighted by molar-refractivity contribution is 0.627. The van der Waals surface area contributed by atoms with Crippen molar-refractivity contribution in [2.75, 3.05) is 13.1 Å². The summed E-state index contributed by atoms with van der Waals surface area (Å²) >= 11 is 0. The third kappa shape index (κ3) is 5.69. The minimum Gasteiger partial charge on any atom is -0.330 e. The molecule has 0 amide bonds. The number of nitrogens with two attached hydrogens (primary N) is 1. The Bertz CT molecular complexity index is 142. The van der Waals surface area contributed by atoms with Crippen LogP contribution in [0.3, 0.4) is 0 Å². The highest BCUT2D eigenvalue weighted by molar-refractivity contribution is 7.84. The average molecular weight is 192 g/mol. The van der Waals surface area contributed by atoms with Crippen LogP contribution < -0.4 is 10.5 Å². The van der Waals surface area contributed by atoms with E-state index in [2.05, 4.69) is 4.72 Å². The van der Waals surface area contributed by atoms with E-state index in [4.69, 9.17) is 5.73 Å². The minimum absolute atomic E-state index is 0.164. The van der Waals surface area contributed by atoms with Gasteiger partial charge in [-0.15, -0.1) is 0 Å². The Morgan fingerprint density at radius 3 is 2.33 bits per heavy atom. The summed E-state index contributed by atoms with van der Waals surface area (Å²) in [5.41, 5.74) is 5.33. The molecule has 1 atom stereocenters. The second-order valence-electron chi connectivity index (χ2n) is 3.77. The van der Waals surface area contributed by atoms with Crippen LogP contribution in [-0.2, 0) is 11.0 Å². The smallest absolute Gasteiger partial charge is 0.0970 e. The van der Waals surface area contributed by atoms with Gasteiger partial charge in [0.25, 0.3) is 0 Å². The van der Waals surface area contributed by atoms with Gasteiger partial charge >= 0.3 is 0 Å². The molecule has 0 aliphatic carbocycles. The van der Waals surface area contributed by atoms with Crippen molar-refractivity contribution in [1.82, 2.24) is 4.72 Å². The lowest BCUT2D eigenvalue weighted by Gasteiger charge is -2.17. The topological polar surface area (TPSA) is 55.1 Å². The van der Waals surface area contributed by atoms with Crippen molar-refractivity contribution in [2.45, 2.75) is 38.4 Å². The molecular weight excluding hydrogens is 172 g/mol. The van der Waals surface area contributed by atoms with Crippen LogP contribution in [0.4, 0.5) is 0 Å². The Morgan fingerprint density at radius 2 is 1.92 bits per heavy atom. The van der Waals surface area contributed by atoms with Gasteiger partial charge in [-0.1, -0.05) is 0 Å². The lowest BCUT2D eigenvalue weighted by atomic mass is 10.3. The summed E-state index contributed by atoms with van der Waals surface area (Å²) in [7, 11) is -0.932. The van der Waals surface area contributed by atoms with Crippen molar-refractivity contribution in [3.8, 4) is 0 Å². The summed E-state index contributed by atoms with van der Waals surface area (Å²) in [4.78, 5) is 0. The van der Waals surface area contributed by atoms with Crippen molar-refractivity contribution in [3.63, 3.8) is 0 Å². The monoisotopic (exact) mass is 192 g/mol. The maximum absolute atomic E-state index is 11.4. The van der Waals surface area contributed by atoms with E-state index in [0.717, 1.165) is 19.4 Å². The molecule has 1 unspecified atom stereocenters. The van der Waals surface area contributed by atoms with Gasteiger partial charge in [-0.05, 0) is 40.2 Å². The van der Waals surface area contributed by atoms with E-state index < -0.39 is 11.0 Å². The molecule has 0 radical (unpaired) electrons. The average Bonchev–Trinajstić information content (AvgIpc) is 1.96. The van der Waals surface area contributed by atoms with Crippen LogP contribution in [0.25, 0.3) is 0 Å². The van der Waals surface area contributed by atoms with Crippen LogP contribution >= 0.6 is 0 Å². The first-order chi connectivity index (χ1) is 5.48. The Morgan fingerprint density at radius 1 is 1.33 bits per heavy atom. The molecule has 0 aliphatic heterocycles. The Hall–Kier alpha value is 0.0700. The third-order valence-electron chi connectivity index (χ3n) is 1.42. The van der Waals surface area contributed by atoms with Crippen molar-refractivity contribution in [2.24, 2.45) is 5.73 Å². The van der Waals surface area contributed by atoms with Crippen LogP contribution in [-0.4, -0.2) is 22.0 Å². The summed E-state index contributed by atoms with van der Waals surface area (Å²) in [6.45, 7) is 7.38. The standard InChI is InChI=1S/C8H20N2OS/c1-8(2,3)12(11)10-7-5-4-6-9/h10H,4-7,9H2,1-3H3. The molecule has 0 saturated carbocycles. The van der Waals surface area contributed by atoms with E-state index in [0.29, 0.717) is 6.54 Å². The minimum atomic E-state index is -0.932. The number of rotatable bonds is 5. The van der Waals surface area contributed by atoms with Crippen molar-refractivity contribution in [1.29, 1.82) is 0 Å². The first-order valence-corrected chi connectivity index (χ1v) is 5.49. The molecule has 0 aromatic rings. The van der Waals surface area contributed by atoms with Gasteiger partial charge in [-0.2, -0.15) is 0 Å². The zero-order valence-corrected chi connectivity index (χ0v) is 9.04. The lowest BCUT2D eigenvalue weighted by Crippen LogP contribution is -2.33. The molecule has 3 nitrogen and oxygen atoms in total. The fourth-order valence-corrected chi connectivity index (χ4v) is 1.41. The summed E-state index contributed by atoms with van der Waals surface area (Å²) in [6, 6.07) is 0. The van der Waals surface area contributed by atoms with Gasteiger partial charge in [-0.3, -0.25) is 0 Å². The number of unbranched alkanes of at least 4 members (excludes halogenated alkanes) is 1. The molecule has 0 aromatic heterocycles. The SMILES string of the molecule is CC(C)(C)S(=O)NCCCCN. The quantitative estimate of drug-likeness (QED) is 0.632. The summed E-state index contributed by atoms with van der Waals surface area (Å²) in [5.74, 6) is 0. The van der Waals surface area contributed by atoms with Crippen LogP contribution in [0, 0.1) is 0 Å². The van der Waals surface area contributed by atoms with Crippen LogP contribution in [0.2, 0.25) is 0 Å². The molecule has 0 aromatic carbocycles. The zero-order valence-electron chi connectivity index (χ0n) is 8.22. The highest BCUT2D eigenvalue weighted by Gasteiger charge is 2.18. The van der Waals surface area contributed by atoms with Gasteiger partial charge in [0.2, 0.25) is 0 Å². The summed E-state index contributed by atoms with van der Waals surface area (Å²) in [5, 5.41) is 0. The van der Waals surface area contributed by atoms with E-state index in [1.165, 1.54) is 0 Å². The molecule has 0 rings (SSSR count). The fourth-order valence-electron chi connectivity index (χ4n) is 0.651. The molecule has 4 heteroatoms. The molecule has 0 heterocycles. The van der Waals surface area contributed by atoms with Crippen molar-refractivity contribution in [3.05, 3.63) is 0 Å². The molecule has 0 spiro atoms. The van der Waals surface area contributed by atoms with Crippen LogP contribution in [0.5, 0.6) is 0 Å². The molecule has 12 heavy (non-hydrogen) atoms. The highest BCUT2D eigenvalue weighted by Crippen LogP contribution is 2.08. The van der Waals surface area contributed by atoms with Crippen molar-refractivity contribution >= 4 is 11.0 Å². The normalized spacial score (nSPS) is 14.7. The van der Waals surface area contributed by atoms with Crippen LogP contribution in [0.1, 0.15) is 33.6 Å². The Labute approximate surface area is 77.7 Å². The molecule has 0 bridgehead atoms. The second kappa shape index (κ2) is 5.67. The largest absolute Gasteiger partial charge is 0.330 e. The van der Waals surface area contributed by atoms with Crippen molar-refractivity contribution < 1.29 is 4.21 Å². The van der Waals surface area contributed by atoms with Gasteiger partial charge in [-0.25, -0.2) is 8.93 Å². The summed E-state index contributed by atoms with van der Waals surface area (Å²) in [6.07, 6.45) is 1.99. The van der Waals surface area contributed by atoms with Gasteiger partial charge in [0, 0.05) is 6.54 Å². The van der Waals surface area contributed by atoms with Gasteiger partial charge in [0.05, 0.1) is 15.7 Å². The molecule has 74 valence electrons. The van der Waals surface area contributed by atoms with E-state index in [-0.39, 0.29) is 4.75 Å². The Kier molecular flexibility index (Phi) is 5.70. The third-order valence-corrected chi connectivity index (χ3v) is 3.00. The fraction of sp³-hybridized carbons (Fsp3) is 1.00. The second-order valence-corrected chi connectivity index (χ2v) is 5.82. The van der Waals surface area contributed by atoms with Gasteiger partial charge in [0.1, 0.15) is 0 Å².